The number of ether oxygens (including phenoxy) is 1. The molecule has 5 nitrogen and oxygen atoms in total. The maximum Gasteiger partial charge on any atom is 0.147 e. The molecular formula is C19H20N4O. The second-order valence-corrected chi connectivity index (χ2v) is 6.17. The second kappa shape index (κ2) is 6.83. The van der Waals surface area contributed by atoms with E-state index in [0.29, 0.717) is 5.92 Å². The zero-order valence-corrected chi connectivity index (χ0v) is 13.5. The van der Waals surface area contributed by atoms with Crippen LogP contribution in [0, 0.1) is 5.92 Å². The molecule has 0 spiro atoms. The molecule has 1 fully saturated rings. The molecule has 0 amide bonds. The van der Waals surface area contributed by atoms with E-state index < -0.39 is 0 Å². The lowest BCUT2D eigenvalue weighted by Gasteiger charge is -2.33. The van der Waals surface area contributed by atoms with Crippen molar-refractivity contribution in [1.82, 2.24) is 15.0 Å². The van der Waals surface area contributed by atoms with Gasteiger partial charge in [-0.05, 0) is 37.1 Å². The van der Waals surface area contributed by atoms with Gasteiger partial charge in [0.25, 0.3) is 0 Å². The third kappa shape index (κ3) is 3.30. The van der Waals surface area contributed by atoms with E-state index in [2.05, 4.69) is 14.9 Å². The van der Waals surface area contributed by atoms with E-state index in [0.717, 1.165) is 48.7 Å². The number of hydrogen-bond acceptors (Lipinski definition) is 5. The van der Waals surface area contributed by atoms with Gasteiger partial charge in [0, 0.05) is 31.4 Å². The quantitative estimate of drug-likeness (QED) is 0.738. The lowest BCUT2D eigenvalue weighted by atomic mass is 9.99. The highest BCUT2D eigenvalue weighted by atomic mass is 16.5. The van der Waals surface area contributed by atoms with Crippen LogP contribution in [0.15, 0.2) is 55.0 Å². The van der Waals surface area contributed by atoms with Gasteiger partial charge in [0.05, 0.1) is 23.8 Å². The van der Waals surface area contributed by atoms with Gasteiger partial charge in [-0.15, -0.1) is 0 Å². The smallest absolute Gasteiger partial charge is 0.147 e. The summed E-state index contributed by atoms with van der Waals surface area (Å²) in [6.07, 6.45) is 7.73. The minimum atomic E-state index is 0.500. The SMILES string of the molecule is c1ccc2nc(N3CCCC(COc4ccncc4)C3)cnc2c1. The van der Waals surface area contributed by atoms with Crippen LogP contribution in [0.5, 0.6) is 5.75 Å². The van der Waals surface area contributed by atoms with E-state index in [9.17, 15) is 0 Å². The Hall–Kier alpha value is -2.69. The number of para-hydroxylation sites is 2. The largest absolute Gasteiger partial charge is 0.493 e. The van der Waals surface area contributed by atoms with Crippen molar-refractivity contribution >= 4 is 16.9 Å². The summed E-state index contributed by atoms with van der Waals surface area (Å²) in [4.78, 5) is 15.6. The molecule has 5 heteroatoms. The van der Waals surface area contributed by atoms with Crippen LogP contribution < -0.4 is 9.64 Å². The Labute approximate surface area is 141 Å². The number of benzene rings is 1. The zero-order valence-electron chi connectivity index (χ0n) is 13.5. The van der Waals surface area contributed by atoms with E-state index in [-0.39, 0.29) is 0 Å². The minimum absolute atomic E-state index is 0.500. The summed E-state index contributed by atoms with van der Waals surface area (Å²) < 4.78 is 5.90. The summed E-state index contributed by atoms with van der Waals surface area (Å²) in [6, 6.07) is 11.8. The number of nitrogens with zero attached hydrogens (tertiary/aromatic N) is 4. The topological polar surface area (TPSA) is 51.1 Å². The first-order valence-electron chi connectivity index (χ1n) is 8.38. The third-order valence-electron chi connectivity index (χ3n) is 4.41. The Morgan fingerprint density at radius 2 is 1.92 bits per heavy atom. The first kappa shape index (κ1) is 14.9. The maximum atomic E-state index is 5.90. The van der Waals surface area contributed by atoms with Crippen LogP contribution >= 0.6 is 0 Å². The molecule has 1 saturated heterocycles. The molecular weight excluding hydrogens is 300 g/mol. The van der Waals surface area contributed by atoms with Gasteiger partial charge in [-0.2, -0.15) is 0 Å². The Morgan fingerprint density at radius 3 is 2.79 bits per heavy atom. The molecule has 24 heavy (non-hydrogen) atoms. The minimum Gasteiger partial charge on any atom is -0.493 e. The van der Waals surface area contributed by atoms with Crippen molar-refractivity contribution in [3.8, 4) is 5.75 Å². The van der Waals surface area contributed by atoms with Crippen LogP contribution in [0.1, 0.15) is 12.8 Å². The van der Waals surface area contributed by atoms with Crippen molar-refractivity contribution in [1.29, 1.82) is 0 Å². The van der Waals surface area contributed by atoms with Gasteiger partial charge in [-0.1, -0.05) is 12.1 Å². The summed E-state index contributed by atoms with van der Waals surface area (Å²) in [5, 5.41) is 0. The summed E-state index contributed by atoms with van der Waals surface area (Å²) in [7, 11) is 0. The molecule has 3 heterocycles. The van der Waals surface area contributed by atoms with E-state index in [4.69, 9.17) is 9.72 Å². The number of piperidine rings is 1. The Kier molecular flexibility index (Phi) is 4.23. The van der Waals surface area contributed by atoms with E-state index in [1.165, 1.54) is 6.42 Å². The Morgan fingerprint density at radius 1 is 1.08 bits per heavy atom. The van der Waals surface area contributed by atoms with Crippen molar-refractivity contribution in [3.05, 3.63) is 55.0 Å². The summed E-state index contributed by atoms with van der Waals surface area (Å²) in [5.74, 6) is 2.34. The van der Waals surface area contributed by atoms with Crippen LogP contribution in [0.3, 0.4) is 0 Å². The average molecular weight is 320 g/mol. The van der Waals surface area contributed by atoms with Crippen LogP contribution in [-0.4, -0.2) is 34.6 Å². The molecule has 1 atom stereocenters. The van der Waals surface area contributed by atoms with Gasteiger partial charge in [0.15, 0.2) is 0 Å². The average Bonchev–Trinajstić information content (AvgIpc) is 2.67. The summed E-state index contributed by atoms with van der Waals surface area (Å²) >= 11 is 0. The fourth-order valence-electron chi connectivity index (χ4n) is 3.16. The van der Waals surface area contributed by atoms with Gasteiger partial charge in [0.2, 0.25) is 0 Å². The fourth-order valence-corrected chi connectivity index (χ4v) is 3.16. The highest BCUT2D eigenvalue weighted by molar-refractivity contribution is 5.75. The van der Waals surface area contributed by atoms with Crippen molar-refractivity contribution in [2.24, 2.45) is 5.92 Å². The molecule has 1 aliphatic rings. The van der Waals surface area contributed by atoms with Crippen LogP contribution in [0.25, 0.3) is 11.0 Å². The van der Waals surface area contributed by atoms with Crippen LogP contribution in [0.4, 0.5) is 5.82 Å². The molecule has 2 aromatic heterocycles. The number of aromatic nitrogens is 3. The molecule has 122 valence electrons. The second-order valence-electron chi connectivity index (χ2n) is 6.17. The molecule has 1 aliphatic heterocycles. The molecule has 0 aliphatic carbocycles. The zero-order chi connectivity index (χ0) is 16.2. The standard InChI is InChI=1S/C19H20N4O/c1-2-6-18-17(5-1)21-12-19(22-18)23-11-3-4-15(13-23)14-24-16-7-9-20-10-8-16/h1-2,5-10,12,15H,3-4,11,13-14H2. The molecule has 4 rings (SSSR count). The van der Waals surface area contributed by atoms with Crippen LogP contribution in [-0.2, 0) is 0 Å². The number of pyridine rings is 1. The first-order valence-corrected chi connectivity index (χ1v) is 8.38. The molecule has 0 bridgehead atoms. The first-order chi connectivity index (χ1) is 11.9. The summed E-state index contributed by atoms with van der Waals surface area (Å²) in [5.41, 5.74) is 1.89. The predicted octanol–water partition coefficient (Wildman–Crippen LogP) is 3.32. The van der Waals surface area contributed by atoms with Gasteiger partial charge < -0.3 is 9.64 Å². The Bertz CT molecular complexity index is 809. The molecule has 1 unspecified atom stereocenters. The highest BCUT2D eigenvalue weighted by Crippen LogP contribution is 2.23. The molecule has 0 radical (unpaired) electrons. The van der Waals surface area contributed by atoms with Gasteiger partial charge in [0.1, 0.15) is 11.6 Å². The number of fused-ring (bicyclic) bond motifs is 1. The number of hydrogen-bond donors (Lipinski definition) is 0. The van der Waals surface area contributed by atoms with E-state index in [1.54, 1.807) is 12.4 Å². The van der Waals surface area contributed by atoms with Crippen molar-refractivity contribution in [2.75, 3.05) is 24.6 Å². The lowest BCUT2D eigenvalue weighted by molar-refractivity contribution is 0.228. The van der Waals surface area contributed by atoms with E-state index >= 15 is 0 Å². The Balaban J connectivity index is 1.43. The van der Waals surface area contributed by atoms with Crippen molar-refractivity contribution in [2.45, 2.75) is 12.8 Å². The highest BCUT2D eigenvalue weighted by Gasteiger charge is 2.22. The van der Waals surface area contributed by atoms with Crippen molar-refractivity contribution < 1.29 is 4.74 Å². The number of anilines is 1. The predicted molar refractivity (Wildman–Crippen MR) is 94.2 cm³/mol. The molecule has 1 aromatic carbocycles. The molecule has 0 N–H and O–H groups in total. The maximum absolute atomic E-state index is 5.90. The third-order valence-corrected chi connectivity index (χ3v) is 4.41. The van der Waals surface area contributed by atoms with Gasteiger partial charge in [-0.25, -0.2) is 4.98 Å². The fraction of sp³-hybridized carbons (Fsp3) is 0.316. The molecule has 0 saturated carbocycles. The van der Waals surface area contributed by atoms with Crippen LogP contribution in [0.2, 0.25) is 0 Å². The number of rotatable bonds is 4. The summed E-state index contributed by atoms with van der Waals surface area (Å²) in [6.45, 7) is 2.71. The van der Waals surface area contributed by atoms with Gasteiger partial charge in [-0.3, -0.25) is 9.97 Å². The van der Waals surface area contributed by atoms with Crippen molar-refractivity contribution in [3.63, 3.8) is 0 Å². The molecule has 3 aromatic rings. The van der Waals surface area contributed by atoms with Gasteiger partial charge >= 0.3 is 0 Å². The lowest BCUT2D eigenvalue weighted by Crippen LogP contribution is -2.38. The van der Waals surface area contributed by atoms with E-state index in [1.807, 2.05) is 42.6 Å². The normalized spacial score (nSPS) is 17.8. The monoisotopic (exact) mass is 320 g/mol.